The first-order valence-electron chi connectivity index (χ1n) is 12.7. The molecule has 3 N–H and O–H groups in total. The Balaban J connectivity index is 1.54. The van der Waals surface area contributed by atoms with Crippen LogP contribution in [0.2, 0.25) is 0 Å². The summed E-state index contributed by atoms with van der Waals surface area (Å²) in [5, 5.41) is 3.51. The van der Waals surface area contributed by atoms with E-state index < -0.39 is 11.6 Å². The number of nitrogens with zero attached hydrogens (tertiary/aromatic N) is 6. The maximum Gasteiger partial charge on any atom is 0.228 e. The van der Waals surface area contributed by atoms with Gasteiger partial charge in [-0.15, -0.1) is 0 Å². The van der Waals surface area contributed by atoms with E-state index in [1.807, 2.05) is 6.07 Å². The van der Waals surface area contributed by atoms with Crippen LogP contribution in [0.4, 0.5) is 37.7 Å². The third kappa shape index (κ3) is 4.67. The monoisotopic (exact) mass is 532 g/mol. The Hall–Kier alpha value is -4.45. The van der Waals surface area contributed by atoms with E-state index in [0.717, 1.165) is 6.07 Å². The zero-order valence-corrected chi connectivity index (χ0v) is 21.2. The van der Waals surface area contributed by atoms with E-state index in [2.05, 4.69) is 30.2 Å². The number of hydrogen-bond donors (Lipinski definition) is 2. The van der Waals surface area contributed by atoms with Crippen LogP contribution in [-0.4, -0.2) is 58.7 Å². The van der Waals surface area contributed by atoms with Crippen LogP contribution in [0.15, 0.2) is 36.8 Å². The van der Waals surface area contributed by atoms with Gasteiger partial charge in [-0.2, -0.15) is 0 Å². The first-order valence-corrected chi connectivity index (χ1v) is 12.7. The van der Waals surface area contributed by atoms with Crippen molar-refractivity contribution < 1.29 is 18.3 Å². The number of amides is 1. The summed E-state index contributed by atoms with van der Waals surface area (Å²) >= 11 is 0. The molecule has 4 aromatic rings. The van der Waals surface area contributed by atoms with Crippen molar-refractivity contribution in [1.82, 2.24) is 19.9 Å². The van der Waals surface area contributed by atoms with E-state index in [4.69, 9.17) is 10.5 Å². The number of carbonyl (C=O) groups excluding carboxylic acids is 1. The van der Waals surface area contributed by atoms with Crippen LogP contribution in [-0.2, 0) is 9.53 Å². The Morgan fingerprint density at radius 2 is 1.79 bits per heavy atom. The Morgan fingerprint density at radius 3 is 2.51 bits per heavy atom. The maximum atomic E-state index is 15.3. The summed E-state index contributed by atoms with van der Waals surface area (Å²) in [6.07, 6.45) is 5.95. The van der Waals surface area contributed by atoms with Crippen molar-refractivity contribution in [3.63, 3.8) is 0 Å². The Labute approximate surface area is 222 Å². The molecule has 0 atom stereocenters. The van der Waals surface area contributed by atoms with Gasteiger partial charge in [-0.3, -0.25) is 9.69 Å². The summed E-state index contributed by atoms with van der Waals surface area (Å²) in [6, 6.07) is 3.87. The number of fused-ring (bicyclic) bond motifs is 1. The van der Waals surface area contributed by atoms with E-state index in [1.165, 1.54) is 6.07 Å². The molecule has 0 saturated carbocycles. The number of anilines is 5. The van der Waals surface area contributed by atoms with E-state index in [9.17, 15) is 9.18 Å². The zero-order valence-electron chi connectivity index (χ0n) is 21.2. The van der Waals surface area contributed by atoms with Crippen molar-refractivity contribution in [1.29, 1.82) is 0 Å². The standard InChI is InChI=1S/C27H26F2N8O2/c1-15-25(24-19(29)9-17(28)10-21(24)35-26(15)37-4-2-3-23(37)38)34-20-11-22(36-5-7-39-8-6-36)31-14-18(20)16-12-32-27(30)33-13-16/h9-14H,2-8H2,1H3,(H2,30,32,33)(H,31,34,35). The quantitative estimate of drug-likeness (QED) is 0.393. The largest absolute Gasteiger partial charge is 0.378 e. The molecule has 2 fully saturated rings. The second-order valence-corrected chi connectivity index (χ2v) is 9.51. The van der Waals surface area contributed by atoms with Crippen molar-refractivity contribution in [2.24, 2.45) is 0 Å². The molecule has 200 valence electrons. The molecule has 6 rings (SSSR count). The molecule has 0 bridgehead atoms. The number of aromatic nitrogens is 4. The van der Waals surface area contributed by atoms with Crippen LogP contribution in [0.5, 0.6) is 0 Å². The molecular weight excluding hydrogens is 506 g/mol. The van der Waals surface area contributed by atoms with Crippen LogP contribution in [0, 0.1) is 18.6 Å². The van der Waals surface area contributed by atoms with E-state index in [0.29, 0.717) is 85.4 Å². The summed E-state index contributed by atoms with van der Waals surface area (Å²) in [4.78, 5) is 33.7. The predicted molar refractivity (Wildman–Crippen MR) is 144 cm³/mol. The smallest absolute Gasteiger partial charge is 0.228 e. The fraction of sp³-hybridized carbons (Fsp3) is 0.296. The van der Waals surface area contributed by atoms with Gasteiger partial charge < -0.3 is 20.7 Å². The molecule has 10 nitrogen and oxygen atoms in total. The molecule has 2 aliphatic rings. The van der Waals surface area contributed by atoms with Gasteiger partial charge in [0.2, 0.25) is 11.9 Å². The Bertz CT molecular complexity index is 1580. The minimum absolute atomic E-state index is 0.0778. The second kappa shape index (κ2) is 10.0. The van der Waals surface area contributed by atoms with E-state index in [-0.39, 0.29) is 22.8 Å². The van der Waals surface area contributed by atoms with Crippen LogP contribution in [0.25, 0.3) is 22.0 Å². The molecule has 0 aliphatic carbocycles. The SMILES string of the molecule is Cc1c(N2CCCC2=O)nc2cc(F)cc(F)c2c1Nc1cc(N2CCOCC2)ncc1-c1cnc(N)nc1. The normalized spacial score (nSPS) is 15.8. The van der Waals surface area contributed by atoms with Crippen LogP contribution < -0.4 is 20.9 Å². The van der Waals surface area contributed by atoms with Gasteiger partial charge in [0.1, 0.15) is 23.3 Å². The summed E-state index contributed by atoms with van der Waals surface area (Å²) < 4.78 is 35.1. The molecule has 2 aliphatic heterocycles. The fourth-order valence-corrected chi connectivity index (χ4v) is 5.04. The molecular formula is C27H26F2N8O2. The predicted octanol–water partition coefficient (Wildman–Crippen LogP) is 3.96. The number of hydrogen-bond acceptors (Lipinski definition) is 9. The summed E-state index contributed by atoms with van der Waals surface area (Å²) in [7, 11) is 0. The topological polar surface area (TPSA) is 122 Å². The van der Waals surface area contributed by atoms with Gasteiger partial charge in [0.05, 0.1) is 35.5 Å². The number of benzene rings is 1. The lowest BCUT2D eigenvalue weighted by atomic mass is 10.0. The number of rotatable bonds is 5. The van der Waals surface area contributed by atoms with E-state index >= 15 is 4.39 Å². The van der Waals surface area contributed by atoms with Crippen LogP contribution in [0.1, 0.15) is 18.4 Å². The molecule has 12 heteroatoms. The third-order valence-electron chi connectivity index (χ3n) is 7.02. The highest BCUT2D eigenvalue weighted by molar-refractivity contribution is 6.03. The molecule has 0 spiro atoms. The molecule has 1 amide bonds. The lowest BCUT2D eigenvalue weighted by Crippen LogP contribution is -2.36. The highest BCUT2D eigenvalue weighted by Crippen LogP contribution is 2.40. The first-order chi connectivity index (χ1) is 18.9. The van der Waals surface area contributed by atoms with Crippen molar-refractivity contribution >= 4 is 45.8 Å². The second-order valence-electron chi connectivity index (χ2n) is 9.51. The van der Waals surface area contributed by atoms with Gasteiger partial charge in [-0.1, -0.05) is 0 Å². The molecule has 1 aromatic carbocycles. The summed E-state index contributed by atoms with van der Waals surface area (Å²) in [5.74, 6) is -0.380. The molecule has 5 heterocycles. The third-order valence-corrected chi connectivity index (χ3v) is 7.02. The van der Waals surface area contributed by atoms with Crippen molar-refractivity contribution in [2.45, 2.75) is 19.8 Å². The number of morpholine rings is 1. The lowest BCUT2D eigenvalue weighted by Gasteiger charge is -2.29. The van der Waals surface area contributed by atoms with Crippen LogP contribution in [0.3, 0.4) is 0 Å². The summed E-state index contributed by atoms with van der Waals surface area (Å²) in [6.45, 7) is 4.76. The van der Waals surface area contributed by atoms with Gasteiger partial charge in [0, 0.05) is 79.5 Å². The highest BCUT2D eigenvalue weighted by atomic mass is 19.1. The minimum atomic E-state index is -0.762. The number of nitrogens with two attached hydrogens (primary N) is 1. The maximum absolute atomic E-state index is 15.3. The number of nitrogen functional groups attached to an aromatic ring is 1. The first kappa shape index (κ1) is 24.9. The fourth-order valence-electron chi connectivity index (χ4n) is 5.04. The van der Waals surface area contributed by atoms with Gasteiger partial charge in [-0.25, -0.2) is 28.7 Å². The van der Waals surface area contributed by atoms with Crippen LogP contribution >= 0.6 is 0 Å². The average Bonchev–Trinajstić information content (AvgIpc) is 3.36. The molecule has 0 radical (unpaired) electrons. The lowest BCUT2D eigenvalue weighted by molar-refractivity contribution is -0.117. The van der Waals surface area contributed by atoms with Gasteiger partial charge in [0.25, 0.3) is 0 Å². The van der Waals surface area contributed by atoms with Crippen molar-refractivity contribution in [3.8, 4) is 11.1 Å². The van der Waals surface area contributed by atoms with Gasteiger partial charge >= 0.3 is 0 Å². The number of ether oxygens (including phenoxy) is 1. The average molecular weight is 533 g/mol. The van der Waals surface area contributed by atoms with Crippen molar-refractivity contribution in [3.05, 3.63) is 54.0 Å². The van der Waals surface area contributed by atoms with E-state index in [1.54, 1.807) is 30.4 Å². The number of carbonyl (C=O) groups is 1. The zero-order chi connectivity index (χ0) is 27.1. The number of pyridine rings is 2. The Kier molecular flexibility index (Phi) is 6.39. The molecule has 0 unspecified atom stereocenters. The number of halogens is 2. The number of nitrogens with one attached hydrogen (secondary N) is 1. The Morgan fingerprint density at radius 1 is 1.03 bits per heavy atom. The molecule has 3 aromatic heterocycles. The molecule has 2 saturated heterocycles. The summed E-state index contributed by atoms with van der Waals surface area (Å²) in [5.41, 5.74) is 8.64. The van der Waals surface area contributed by atoms with Crippen molar-refractivity contribution in [2.75, 3.05) is 53.7 Å². The van der Waals surface area contributed by atoms with Gasteiger partial charge in [0.15, 0.2) is 0 Å². The van der Waals surface area contributed by atoms with Gasteiger partial charge in [-0.05, 0) is 13.3 Å². The molecule has 39 heavy (non-hydrogen) atoms. The minimum Gasteiger partial charge on any atom is -0.378 e. The highest BCUT2D eigenvalue weighted by Gasteiger charge is 2.28.